The fourth-order valence-corrected chi connectivity index (χ4v) is 2.86. The minimum Gasteiger partial charge on any atom is -0.494 e. The van der Waals surface area contributed by atoms with Crippen LogP contribution in [0.25, 0.3) is 0 Å². The number of sulfone groups is 1. The number of halogens is 1. The lowest BCUT2D eigenvalue weighted by molar-refractivity contribution is 0.340. The summed E-state index contributed by atoms with van der Waals surface area (Å²) in [5.74, 6) is 0.729. The molecule has 0 amide bonds. The van der Waals surface area contributed by atoms with Crippen LogP contribution in [0, 0.1) is 0 Å². The van der Waals surface area contributed by atoms with E-state index in [2.05, 4.69) is 15.9 Å². The number of rotatable bonds is 5. The first-order valence-electron chi connectivity index (χ1n) is 5.64. The van der Waals surface area contributed by atoms with E-state index in [0.717, 1.165) is 15.8 Å². The van der Waals surface area contributed by atoms with Crippen molar-refractivity contribution in [1.29, 1.82) is 0 Å². The van der Waals surface area contributed by atoms with Crippen LogP contribution in [0.2, 0.25) is 0 Å². The summed E-state index contributed by atoms with van der Waals surface area (Å²) in [5, 5.41) is -0.633. The smallest absolute Gasteiger partial charge is 0.151 e. The minimum absolute atomic E-state index is 0.565. The van der Waals surface area contributed by atoms with Gasteiger partial charge in [-0.1, -0.05) is 22.0 Å². The molecule has 0 saturated heterocycles. The highest BCUT2D eigenvalue weighted by Gasteiger charge is 2.25. The van der Waals surface area contributed by atoms with Crippen LogP contribution in [0.3, 0.4) is 0 Å². The number of benzene rings is 1. The summed E-state index contributed by atoms with van der Waals surface area (Å²) in [6, 6.07) is 4.82. The van der Waals surface area contributed by atoms with E-state index in [9.17, 15) is 8.42 Å². The average Bonchev–Trinajstić information content (AvgIpc) is 2.26. The van der Waals surface area contributed by atoms with E-state index in [1.54, 1.807) is 25.1 Å². The summed E-state index contributed by atoms with van der Waals surface area (Å²) in [7, 11) is -3.16. The van der Waals surface area contributed by atoms with Crippen molar-refractivity contribution in [3.63, 3.8) is 0 Å². The summed E-state index contributed by atoms with van der Waals surface area (Å²) in [4.78, 5) is 0. The molecule has 2 N–H and O–H groups in total. The fourth-order valence-electron chi connectivity index (χ4n) is 1.55. The molecule has 0 saturated carbocycles. The molecular weight excluding hydrogens is 318 g/mol. The molecule has 1 aromatic rings. The lowest BCUT2D eigenvalue weighted by Gasteiger charge is -2.20. The van der Waals surface area contributed by atoms with Crippen molar-refractivity contribution in [2.75, 3.05) is 12.9 Å². The van der Waals surface area contributed by atoms with E-state index in [0.29, 0.717) is 6.61 Å². The van der Waals surface area contributed by atoms with Gasteiger partial charge >= 0.3 is 0 Å². The van der Waals surface area contributed by atoms with Gasteiger partial charge in [0.2, 0.25) is 0 Å². The van der Waals surface area contributed by atoms with Crippen molar-refractivity contribution < 1.29 is 13.2 Å². The third kappa shape index (κ3) is 3.70. The quantitative estimate of drug-likeness (QED) is 0.896. The number of nitrogens with two attached hydrogens (primary N) is 1. The SMILES string of the molecule is CCOc1ccc(C(N)C(C)S(C)(=O)=O)c(Br)c1. The maximum atomic E-state index is 11.5. The molecule has 18 heavy (non-hydrogen) atoms. The van der Waals surface area contributed by atoms with Gasteiger partial charge in [-0.2, -0.15) is 0 Å². The molecule has 6 heteroatoms. The molecule has 0 aliphatic rings. The Morgan fingerprint density at radius 3 is 2.50 bits per heavy atom. The molecule has 0 aromatic heterocycles. The number of hydrogen-bond donors (Lipinski definition) is 1. The molecule has 0 fully saturated rings. The largest absolute Gasteiger partial charge is 0.494 e. The summed E-state index contributed by atoms with van der Waals surface area (Å²) >= 11 is 3.40. The maximum absolute atomic E-state index is 11.5. The van der Waals surface area contributed by atoms with E-state index in [4.69, 9.17) is 10.5 Å². The highest BCUT2D eigenvalue weighted by atomic mass is 79.9. The Hall–Kier alpha value is -0.590. The van der Waals surface area contributed by atoms with Gasteiger partial charge in [-0.15, -0.1) is 0 Å². The predicted octanol–water partition coefficient (Wildman–Crippen LogP) is 2.28. The van der Waals surface area contributed by atoms with E-state index >= 15 is 0 Å². The monoisotopic (exact) mass is 335 g/mol. The summed E-state index contributed by atoms with van der Waals surface area (Å²) in [6.45, 7) is 4.10. The Morgan fingerprint density at radius 1 is 1.44 bits per heavy atom. The second-order valence-corrected chi connectivity index (χ2v) is 7.43. The third-order valence-electron chi connectivity index (χ3n) is 2.82. The molecule has 1 rings (SSSR count). The van der Waals surface area contributed by atoms with E-state index < -0.39 is 21.1 Å². The summed E-state index contributed by atoms with van der Waals surface area (Å²) < 4.78 is 29.1. The molecule has 0 aliphatic carbocycles. The first-order chi connectivity index (χ1) is 8.27. The van der Waals surface area contributed by atoms with Crippen molar-refractivity contribution in [3.8, 4) is 5.75 Å². The molecule has 0 radical (unpaired) electrons. The molecule has 0 heterocycles. The lowest BCUT2D eigenvalue weighted by atomic mass is 10.1. The topological polar surface area (TPSA) is 69.4 Å². The molecule has 4 nitrogen and oxygen atoms in total. The zero-order valence-corrected chi connectivity index (χ0v) is 13.1. The molecule has 0 bridgehead atoms. The molecule has 1 aromatic carbocycles. The highest BCUT2D eigenvalue weighted by Crippen LogP contribution is 2.30. The second-order valence-electron chi connectivity index (χ2n) is 4.18. The van der Waals surface area contributed by atoms with Crippen LogP contribution < -0.4 is 10.5 Å². The maximum Gasteiger partial charge on any atom is 0.151 e. The van der Waals surface area contributed by atoms with Crippen molar-refractivity contribution in [1.82, 2.24) is 0 Å². The molecule has 0 aliphatic heterocycles. The minimum atomic E-state index is -3.16. The third-order valence-corrected chi connectivity index (χ3v) is 5.15. The first-order valence-corrected chi connectivity index (χ1v) is 8.38. The van der Waals surface area contributed by atoms with Gasteiger partial charge in [0.05, 0.1) is 11.9 Å². The van der Waals surface area contributed by atoms with Gasteiger partial charge in [-0.25, -0.2) is 8.42 Å². The average molecular weight is 336 g/mol. The van der Waals surface area contributed by atoms with Gasteiger partial charge in [0.1, 0.15) is 5.75 Å². The second kappa shape index (κ2) is 6.04. The zero-order chi connectivity index (χ0) is 13.9. The van der Waals surface area contributed by atoms with Crippen LogP contribution in [0.4, 0.5) is 0 Å². The summed E-state index contributed by atoms with van der Waals surface area (Å²) in [6.07, 6.45) is 1.19. The predicted molar refractivity (Wildman–Crippen MR) is 76.5 cm³/mol. The van der Waals surface area contributed by atoms with Crippen LogP contribution in [0.5, 0.6) is 5.75 Å². The Balaban J connectivity index is 3.04. The van der Waals surface area contributed by atoms with Crippen LogP contribution in [0.1, 0.15) is 25.5 Å². The lowest BCUT2D eigenvalue weighted by Crippen LogP contribution is -2.30. The van der Waals surface area contributed by atoms with Crippen molar-refractivity contribution >= 4 is 25.8 Å². The van der Waals surface area contributed by atoms with Gasteiger partial charge in [0.15, 0.2) is 9.84 Å². The number of hydrogen-bond acceptors (Lipinski definition) is 4. The van der Waals surface area contributed by atoms with Crippen LogP contribution in [-0.2, 0) is 9.84 Å². The van der Waals surface area contributed by atoms with E-state index in [-0.39, 0.29) is 0 Å². The fraction of sp³-hybridized carbons (Fsp3) is 0.500. The van der Waals surface area contributed by atoms with Gasteiger partial charge in [-0.05, 0) is 31.5 Å². The van der Waals surface area contributed by atoms with Gasteiger partial charge in [0.25, 0.3) is 0 Å². The van der Waals surface area contributed by atoms with E-state index in [1.807, 2.05) is 6.92 Å². The molecular formula is C12H18BrNO3S. The van der Waals surface area contributed by atoms with Crippen molar-refractivity contribution in [3.05, 3.63) is 28.2 Å². The molecule has 2 atom stereocenters. The standard InChI is InChI=1S/C12H18BrNO3S/c1-4-17-9-5-6-10(11(13)7-9)12(14)8(2)18(3,15)16/h5-8,12H,4,14H2,1-3H3. The highest BCUT2D eigenvalue weighted by molar-refractivity contribution is 9.10. The van der Waals surface area contributed by atoms with Crippen LogP contribution in [0.15, 0.2) is 22.7 Å². The van der Waals surface area contributed by atoms with Crippen molar-refractivity contribution in [2.24, 2.45) is 5.73 Å². The Kier molecular flexibility index (Phi) is 5.19. The molecule has 2 unspecified atom stereocenters. The Morgan fingerprint density at radius 2 is 2.06 bits per heavy atom. The first kappa shape index (κ1) is 15.5. The van der Waals surface area contributed by atoms with Gasteiger partial charge in [-0.3, -0.25) is 0 Å². The number of ether oxygens (including phenoxy) is 1. The van der Waals surface area contributed by atoms with E-state index in [1.165, 1.54) is 6.26 Å². The van der Waals surface area contributed by atoms with Crippen LogP contribution >= 0.6 is 15.9 Å². The van der Waals surface area contributed by atoms with Gasteiger partial charge < -0.3 is 10.5 Å². The van der Waals surface area contributed by atoms with Gasteiger partial charge in [0, 0.05) is 16.8 Å². The normalized spacial score (nSPS) is 15.2. The molecule has 102 valence electrons. The van der Waals surface area contributed by atoms with Crippen LogP contribution in [-0.4, -0.2) is 26.5 Å². The Labute approximate surface area is 117 Å². The van der Waals surface area contributed by atoms with Crippen molar-refractivity contribution in [2.45, 2.75) is 25.1 Å². The zero-order valence-electron chi connectivity index (χ0n) is 10.7. The summed E-state index contributed by atoms with van der Waals surface area (Å²) in [5.41, 5.74) is 6.76. The molecule has 0 spiro atoms. The Bertz CT molecular complexity index is 516.